The number of rotatable bonds is 6. The number of aromatic nitrogens is 4. The lowest BCUT2D eigenvalue weighted by atomic mass is 10.2. The molecule has 1 saturated heterocycles. The molecule has 0 spiro atoms. The van der Waals surface area contributed by atoms with Crippen LogP contribution in [0.25, 0.3) is 0 Å². The van der Waals surface area contributed by atoms with Crippen LogP contribution in [0.15, 0.2) is 17.2 Å². The van der Waals surface area contributed by atoms with E-state index in [1.165, 1.54) is 21.8 Å². The van der Waals surface area contributed by atoms with E-state index in [4.69, 9.17) is 0 Å². The molecule has 2 aromatic heterocycles. The lowest BCUT2D eigenvalue weighted by molar-refractivity contribution is -0.117. The maximum absolute atomic E-state index is 13.1. The number of nitrogens with one attached hydrogen (secondary N) is 1. The van der Waals surface area contributed by atoms with Crippen molar-refractivity contribution in [2.24, 2.45) is 0 Å². The fraction of sp³-hybridized carbons (Fsp3) is 0.650. The summed E-state index contributed by atoms with van der Waals surface area (Å²) in [6.07, 6.45) is 9.00. The molecular weight excluding hydrogens is 404 g/mol. The number of amides is 1. The molecule has 30 heavy (non-hydrogen) atoms. The topological polar surface area (TPSA) is 102 Å². The van der Waals surface area contributed by atoms with Crippen molar-refractivity contribution in [1.29, 1.82) is 0 Å². The Morgan fingerprint density at radius 2 is 1.83 bits per heavy atom. The molecule has 1 amide bonds. The van der Waals surface area contributed by atoms with Crippen molar-refractivity contribution < 1.29 is 13.2 Å². The zero-order valence-electron chi connectivity index (χ0n) is 17.7. The van der Waals surface area contributed by atoms with Gasteiger partial charge in [0.25, 0.3) is 0 Å². The summed E-state index contributed by atoms with van der Waals surface area (Å²) in [5, 5.41) is 11.7. The fourth-order valence-corrected chi connectivity index (χ4v) is 6.50. The Balaban J connectivity index is 1.50. The van der Waals surface area contributed by atoms with Crippen LogP contribution in [-0.2, 0) is 21.4 Å². The van der Waals surface area contributed by atoms with Crippen molar-refractivity contribution in [3.63, 3.8) is 0 Å². The summed E-state index contributed by atoms with van der Waals surface area (Å²) in [4.78, 5) is 12.9. The second kappa shape index (κ2) is 8.50. The first-order chi connectivity index (χ1) is 14.4. The minimum absolute atomic E-state index is 0.0436. The molecule has 164 valence electrons. The van der Waals surface area contributed by atoms with Crippen molar-refractivity contribution >= 4 is 21.7 Å². The van der Waals surface area contributed by atoms with Gasteiger partial charge in [0.05, 0.1) is 23.6 Å². The van der Waals surface area contributed by atoms with E-state index in [2.05, 4.69) is 15.5 Å². The Kier molecular flexibility index (Phi) is 5.97. The highest BCUT2D eigenvalue weighted by atomic mass is 32.2. The first-order valence-corrected chi connectivity index (χ1v) is 12.2. The average Bonchev–Trinajstić information content (AvgIpc) is 3.44. The maximum atomic E-state index is 13.1. The van der Waals surface area contributed by atoms with Gasteiger partial charge in [0.2, 0.25) is 15.9 Å². The van der Waals surface area contributed by atoms with Crippen LogP contribution in [0.5, 0.6) is 0 Å². The maximum Gasteiger partial charge on any atom is 0.247 e. The van der Waals surface area contributed by atoms with Crippen LogP contribution in [0.3, 0.4) is 0 Å². The van der Waals surface area contributed by atoms with Gasteiger partial charge in [-0.2, -0.15) is 14.5 Å². The molecule has 0 bridgehead atoms. The van der Waals surface area contributed by atoms with Gasteiger partial charge in [0, 0.05) is 19.2 Å². The van der Waals surface area contributed by atoms with Gasteiger partial charge in [-0.05, 0) is 39.5 Å². The molecule has 0 aromatic carbocycles. The van der Waals surface area contributed by atoms with Gasteiger partial charge >= 0.3 is 0 Å². The molecule has 2 aromatic rings. The van der Waals surface area contributed by atoms with Crippen LogP contribution in [0, 0.1) is 13.8 Å². The zero-order chi connectivity index (χ0) is 21.3. The number of piperidine rings is 1. The highest BCUT2D eigenvalue weighted by Gasteiger charge is 2.32. The minimum atomic E-state index is -3.60. The van der Waals surface area contributed by atoms with Gasteiger partial charge in [0.1, 0.15) is 17.3 Å². The molecule has 1 N–H and O–H groups in total. The van der Waals surface area contributed by atoms with Gasteiger partial charge in [-0.15, -0.1) is 0 Å². The third-order valence-electron chi connectivity index (χ3n) is 6.13. The number of nitrogens with zero attached hydrogens (tertiary/aromatic N) is 5. The summed E-state index contributed by atoms with van der Waals surface area (Å²) < 4.78 is 31.2. The Morgan fingerprint density at radius 1 is 1.13 bits per heavy atom. The number of hydrogen-bond donors (Lipinski definition) is 1. The number of sulfonamides is 1. The summed E-state index contributed by atoms with van der Waals surface area (Å²) in [7, 11) is -3.60. The molecule has 4 rings (SSSR count). The second-order valence-electron chi connectivity index (χ2n) is 8.27. The summed E-state index contributed by atoms with van der Waals surface area (Å²) >= 11 is 0. The monoisotopic (exact) mass is 434 g/mol. The second-order valence-corrected chi connectivity index (χ2v) is 10.1. The van der Waals surface area contributed by atoms with Gasteiger partial charge in [-0.25, -0.2) is 13.1 Å². The van der Waals surface area contributed by atoms with Gasteiger partial charge in [-0.3, -0.25) is 9.48 Å². The van der Waals surface area contributed by atoms with E-state index in [0.29, 0.717) is 36.3 Å². The van der Waals surface area contributed by atoms with E-state index in [-0.39, 0.29) is 17.3 Å². The molecule has 9 nitrogen and oxygen atoms in total. The molecule has 3 heterocycles. The quantitative estimate of drug-likeness (QED) is 0.753. The van der Waals surface area contributed by atoms with Crippen molar-refractivity contribution in [3.05, 3.63) is 23.7 Å². The van der Waals surface area contributed by atoms with Crippen LogP contribution in [0.2, 0.25) is 0 Å². The van der Waals surface area contributed by atoms with E-state index in [1.54, 1.807) is 26.1 Å². The fourth-order valence-electron chi connectivity index (χ4n) is 4.61. The lowest BCUT2D eigenvalue weighted by Gasteiger charge is -2.25. The number of hydrogen-bond acceptors (Lipinski definition) is 5. The molecule has 10 heteroatoms. The van der Waals surface area contributed by atoms with E-state index in [1.807, 2.05) is 4.68 Å². The van der Waals surface area contributed by atoms with Crippen LogP contribution in [0.4, 0.5) is 5.82 Å². The first-order valence-electron chi connectivity index (χ1n) is 10.8. The third kappa shape index (κ3) is 4.02. The highest BCUT2D eigenvalue weighted by Crippen LogP contribution is 2.31. The van der Waals surface area contributed by atoms with Crippen LogP contribution in [-0.4, -0.2) is 51.3 Å². The van der Waals surface area contributed by atoms with Gasteiger partial charge in [0.15, 0.2) is 0 Å². The van der Waals surface area contributed by atoms with Crippen LogP contribution < -0.4 is 5.32 Å². The van der Waals surface area contributed by atoms with E-state index in [0.717, 1.165) is 32.1 Å². The minimum Gasteiger partial charge on any atom is -0.309 e. The number of carbonyl (C=O) groups excluding carboxylic acids is 1. The number of anilines is 1. The van der Waals surface area contributed by atoms with Crippen molar-refractivity contribution in [1.82, 2.24) is 23.9 Å². The van der Waals surface area contributed by atoms with Crippen molar-refractivity contribution in [2.75, 3.05) is 18.4 Å². The SMILES string of the molecule is Cc1nn(CC(=O)Nc2ccnn2C2CCCC2)c(C)c1S(=O)(=O)N1CCCCC1. The van der Waals surface area contributed by atoms with E-state index in [9.17, 15) is 13.2 Å². The van der Waals surface area contributed by atoms with Crippen LogP contribution >= 0.6 is 0 Å². The predicted molar refractivity (Wildman–Crippen MR) is 113 cm³/mol. The van der Waals surface area contributed by atoms with E-state index >= 15 is 0 Å². The molecule has 1 saturated carbocycles. The van der Waals surface area contributed by atoms with Gasteiger partial charge in [-0.1, -0.05) is 19.3 Å². The Morgan fingerprint density at radius 3 is 2.53 bits per heavy atom. The Hall–Kier alpha value is -2.20. The summed E-state index contributed by atoms with van der Waals surface area (Å²) in [5.41, 5.74) is 0.930. The largest absolute Gasteiger partial charge is 0.309 e. The Bertz CT molecular complexity index is 1010. The smallest absolute Gasteiger partial charge is 0.247 e. The molecule has 0 unspecified atom stereocenters. The lowest BCUT2D eigenvalue weighted by Crippen LogP contribution is -2.36. The summed E-state index contributed by atoms with van der Waals surface area (Å²) in [6, 6.07) is 2.12. The molecule has 1 aliphatic heterocycles. The average molecular weight is 435 g/mol. The van der Waals surface area contributed by atoms with Crippen molar-refractivity contribution in [3.8, 4) is 0 Å². The number of carbonyl (C=O) groups is 1. The highest BCUT2D eigenvalue weighted by molar-refractivity contribution is 7.89. The zero-order valence-corrected chi connectivity index (χ0v) is 18.5. The van der Waals surface area contributed by atoms with Crippen LogP contribution in [0.1, 0.15) is 62.4 Å². The molecule has 0 atom stereocenters. The summed E-state index contributed by atoms with van der Waals surface area (Å²) in [5.74, 6) is 0.428. The van der Waals surface area contributed by atoms with E-state index < -0.39 is 10.0 Å². The molecule has 2 aliphatic rings. The molecule has 2 fully saturated rings. The predicted octanol–water partition coefficient (Wildman–Crippen LogP) is 2.62. The number of aryl methyl sites for hydroxylation is 1. The first kappa shape index (κ1) is 21.0. The molecule has 1 aliphatic carbocycles. The standard InChI is InChI=1S/C20H30N6O3S/c1-15-20(30(28,29)24-12-6-3-7-13-24)16(2)25(23-15)14-19(27)22-18-10-11-21-26(18)17-8-4-5-9-17/h10-11,17H,3-9,12-14H2,1-2H3,(H,22,27). The van der Waals surface area contributed by atoms with Crippen molar-refractivity contribution in [2.45, 2.75) is 76.3 Å². The summed E-state index contributed by atoms with van der Waals surface area (Å²) in [6.45, 7) is 4.44. The van der Waals surface area contributed by atoms with Gasteiger partial charge < -0.3 is 5.32 Å². The molecule has 0 radical (unpaired) electrons. The normalized spacial score (nSPS) is 18.7. The Labute approximate surface area is 177 Å². The molecular formula is C20H30N6O3S. The third-order valence-corrected chi connectivity index (χ3v) is 8.28.